The van der Waals surface area contributed by atoms with Crippen LogP contribution in [-0.2, 0) is 11.0 Å². The standard InChI is InChI=1S/C17H13F3N2O2S/c1-22-14(15(23)12-7-2-3-8-13(12)25-22)16(24)21-11-6-4-5-10(9-11)17(18,19)20/h2-9,23H,1H3,(H,21,24). The van der Waals surface area contributed by atoms with Crippen molar-refractivity contribution in [3.63, 3.8) is 0 Å². The van der Waals surface area contributed by atoms with Crippen molar-refractivity contribution in [2.45, 2.75) is 11.1 Å². The summed E-state index contributed by atoms with van der Waals surface area (Å²) in [5.74, 6) is -0.914. The van der Waals surface area contributed by atoms with Gasteiger partial charge in [0, 0.05) is 23.2 Å². The van der Waals surface area contributed by atoms with Gasteiger partial charge in [-0.1, -0.05) is 18.2 Å². The molecular weight excluding hydrogens is 353 g/mol. The highest BCUT2D eigenvalue weighted by molar-refractivity contribution is 7.97. The van der Waals surface area contributed by atoms with Crippen LogP contribution in [0.4, 0.5) is 18.9 Å². The zero-order valence-electron chi connectivity index (χ0n) is 13.0. The van der Waals surface area contributed by atoms with Crippen molar-refractivity contribution in [1.29, 1.82) is 0 Å². The Bertz CT molecular complexity index is 865. The molecule has 0 radical (unpaired) electrons. The number of aliphatic hydroxyl groups excluding tert-OH is 1. The maximum Gasteiger partial charge on any atom is 0.416 e. The quantitative estimate of drug-likeness (QED) is 0.767. The molecule has 25 heavy (non-hydrogen) atoms. The summed E-state index contributed by atoms with van der Waals surface area (Å²) < 4.78 is 39.8. The second kappa shape index (κ2) is 6.36. The van der Waals surface area contributed by atoms with Gasteiger partial charge in [-0.3, -0.25) is 4.79 Å². The van der Waals surface area contributed by atoms with Crippen molar-refractivity contribution < 1.29 is 23.1 Å². The molecule has 0 saturated carbocycles. The van der Waals surface area contributed by atoms with Crippen LogP contribution < -0.4 is 5.32 Å². The van der Waals surface area contributed by atoms with E-state index in [9.17, 15) is 23.1 Å². The van der Waals surface area contributed by atoms with Crippen molar-refractivity contribution in [2.75, 3.05) is 12.4 Å². The summed E-state index contributed by atoms with van der Waals surface area (Å²) >= 11 is 1.24. The monoisotopic (exact) mass is 366 g/mol. The average Bonchev–Trinajstić information content (AvgIpc) is 2.54. The maximum atomic E-state index is 12.8. The number of benzene rings is 2. The second-order valence-electron chi connectivity index (χ2n) is 5.31. The van der Waals surface area contributed by atoms with E-state index in [-0.39, 0.29) is 17.1 Å². The summed E-state index contributed by atoms with van der Waals surface area (Å²) in [5, 5.41) is 12.8. The molecule has 2 N–H and O–H groups in total. The van der Waals surface area contributed by atoms with E-state index in [1.165, 1.54) is 28.4 Å². The lowest BCUT2D eigenvalue weighted by Gasteiger charge is -2.27. The van der Waals surface area contributed by atoms with E-state index in [0.717, 1.165) is 17.0 Å². The minimum absolute atomic E-state index is 0.00242. The fourth-order valence-electron chi connectivity index (χ4n) is 2.43. The molecule has 0 saturated heterocycles. The van der Waals surface area contributed by atoms with Crippen LogP contribution >= 0.6 is 11.9 Å². The van der Waals surface area contributed by atoms with Crippen molar-refractivity contribution in [3.8, 4) is 0 Å². The Morgan fingerprint density at radius 3 is 2.60 bits per heavy atom. The molecule has 0 fully saturated rings. The van der Waals surface area contributed by atoms with Gasteiger partial charge >= 0.3 is 6.18 Å². The SMILES string of the molecule is CN1Sc2ccccc2C(O)=C1C(=O)Nc1cccc(C(F)(F)F)c1. The smallest absolute Gasteiger partial charge is 0.416 e. The van der Waals surface area contributed by atoms with Gasteiger partial charge in [-0.25, -0.2) is 0 Å². The first-order chi connectivity index (χ1) is 11.8. The first-order valence-electron chi connectivity index (χ1n) is 7.20. The number of amides is 1. The first kappa shape index (κ1) is 17.2. The van der Waals surface area contributed by atoms with E-state index >= 15 is 0 Å². The third kappa shape index (κ3) is 3.43. The summed E-state index contributed by atoms with van der Waals surface area (Å²) in [6.45, 7) is 0. The molecule has 4 nitrogen and oxygen atoms in total. The number of aliphatic hydroxyl groups is 1. The van der Waals surface area contributed by atoms with Gasteiger partial charge in [0.15, 0.2) is 11.5 Å². The van der Waals surface area contributed by atoms with Crippen LogP contribution in [0.1, 0.15) is 11.1 Å². The maximum absolute atomic E-state index is 12.8. The normalized spacial score (nSPS) is 14.3. The van der Waals surface area contributed by atoms with E-state index in [4.69, 9.17) is 0 Å². The van der Waals surface area contributed by atoms with Crippen LogP contribution in [0.25, 0.3) is 5.76 Å². The Balaban J connectivity index is 1.91. The zero-order valence-corrected chi connectivity index (χ0v) is 13.8. The minimum atomic E-state index is -4.50. The van der Waals surface area contributed by atoms with Crippen LogP contribution in [-0.4, -0.2) is 22.4 Å². The molecule has 0 spiro atoms. The molecule has 0 aromatic heterocycles. The lowest BCUT2D eigenvalue weighted by molar-refractivity contribution is -0.137. The predicted octanol–water partition coefficient (Wildman–Crippen LogP) is 4.52. The van der Waals surface area contributed by atoms with Gasteiger partial charge in [0.2, 0.25) is 0 Å². The van der Waals surface area contributed by atoms with E-state index in [1.807, 2.05) is 0 Å². The van der Waals surface area contributed by atoms with Crippen LogP contribution in [0.3, 0.4) is 0 Å². The number of alkyl halides is 3. The van der Waals surface area contributed by atoms with Crippen LogP contribution in [0.15, 0.2) is 59.1 Å². The highest BCUT2D eigenvalue weighted by Gasteiger charge is 2.31. The number of rotatable bonds is 2. The van der Waals surface area contributed by atoms with Gasteiger partial charge in [-0.05, 0) is 42.3 Å². The summed E-state index contributed by atoms with van der Waals surface area (Å²) in [6.07, 6.45) is -4.50. The van der Waals surface area contributed by atoms with Crippen molar-refractivity contribution in [2.24, 2.45) is 0 Å². The number of likely N-dealkylation sites (N-methyl/N-ethyl adjacent to an activating group) is 1. The molecule has 0 atom stereocenters. The molecule has 1 amide bonds. The number of nitrogens with zero attached hydrogens (tertiary/aromatic N) is 1. The summed E-state index contributed by atoms with van der Waals surface area (Å²) in [6, 6.07) is 11.3. The number of carbonyl (C=O) groups is 1. The van der Waals surface area contributed by atoms with E-state index in [1.54, 1.807) is 31.3 Å². The first-order valence-corrected chi connectivity index (χ1v) is 7.97. The average molecular weight is 366 g/mol. The van der Waals surface area contributed by atoms with Gasteiger partial charge in [-0.15, -0.1) is 0 Å². The molecule has 3 rings (SSSR count). The Kier molecular flexibility index (Phi) is 4.38. The molecule has 2 aromatic carbocycles. The third-order valence-corrected chi connectivity index (χ3v) is 4.59. The molecule has 0 bridgehead atoms. The molecular formula is C17H13F3N2O2S. The number of fused-ring (bicyclic) bond motifs is 1. The molecule has 0 aliphatic carbocycles. The van der Waals surface area contributed by atoms with Gasteiger partial charge in [0.05, 0.1) is 5.56 Å². The van der Waals surface area contributed by atoms with Crippen molar-refractivity contribution in [3.05, 3.63) is 65.4 Å². The molecule has 0 unspecified atom stereocenters. The summed E-state index contributed by atoms with van der Waals surface area (Å²) in [5.41, 5.74) is -0.390. The van der Waals surface area contributed by atoms with Gasteiger partial charge < -0.3 is 14.7 Å². The molecule has 8 heteroatoms. The van der Waals surface area contributed by atoms with Crippen LogP contribution in [0.5, 0.6) is 0 Å². The van der Waals surface area contributed by atoms with Gasteiger partial charge in [0.1, 0.15) is 0 Å². The Morgan fingerprint density at radius 2 is 1.88 bits per heavy atom. The predicted molar refractivity (Wildman–Crippen MR) is 89.7 cm³/mol. The number of halogens is 3. The third-order valence-electron chi connectivity index (χ3n) is 3.58. The molecule has 2 aromatic rings. The fraction of sp³-hybridized carbons (Fsp3) is 0.118. The lowest BCUT2D eigenvalue weighted by atomic mass is 10.1. The number of hydrogen-bond donors (Lipinski definition) is 2. The number of hydrogen-bond acceptors (Lipinski definition) is 4. The Morgan fingerprint density at radius 1 is 1.16 bits per heavy atom. The highest BCUT2D eigenvalue weighted by Crippen LogP contribution is 2.39. The van der Waals surface area contributed by atoms with E-state index in [0.29, 0.717) is 5.56 Å². The van der Waals surface area contributed by atoms with E-state index in [2.05, 4.69) is 5.32 Å². The largest absolute Gasteiger partial charge is 0.505 e. The number of anilines is 1. The second-order valence-corrected chi connectivity index (χ2v) is 6.48. The Hall–Kier alpha value is -2.61. The molecule has 1 aliphatic rings. The minimum Gasteiger partial charge on any atom is -0.505 e. The number of nitrogens with one attached hydrogen (secondary N) is 1. The summed E-state index contributed by atoms with van der Waals surface area (Å²) in [7, 11) is 1.60. The van der Waals surface area contributed by atoms with Gasteiger partial charge in [0.25, 0.3) is 5.91 Å². The molecule has 130 valence electrons. The zero-order chi connectivity index (χ0) is 18.2. The highest BCUT2D eigenvalue weighted by atomic mass is 32.2. The molecule has 1 aliphatic heterocycles. The Labute approximate surface area is 146 Å². The number of carbonyl (C=O) groups excluding carboxylic acids is 1. The summed E-state index contributed by atoms with van der Waals surface area (Å²) in [4.78, 5) is 13.3. The molecule has 1 heterocycles. The van der Waals surface area contributed by atoms with Crippen LogP contribution in [0.2, 0.25) is 0 Å². The van der Waals surface area contributed by atoms with Crippen molar-refractivity contribution >= 4 is 29.3 Å². The lowest BCUT2D eigenvalue weighted by Crippen LogP contribution is -2.27. The van der Waals surface area contributed by atoms with Crippen molar-refractivity contribution in [1.82, 2.24) is 4.31 Å². The fourth-order valence-corrected chi connectivity index (χ4v) is 3.38. The van der Waals surface area contributed by atoms with E-state index < -0.39 is 17.6 Å². The van der Waals surface area contributed by atoms with Crippen LogP contribution in [0, 0.1) is 0 Å². The van der Waals surface area contributed by atoms with Gasteiger partial charge in [-0.2, -0.15) is 13.2 Å². The topological polar surface area (TPSA) is 52.6 Å².